The largest absolute Gasteiger partial charge is 0.550 e. The lowest BCUT2D eigenvalue weighted by Gasteiger charge is -2.15. The number of pyridine rings is 1. The summed E-state index contributed by atoms with van der Waals surface area (Å²) in [7, 11) is 0. The zero-order valence-electron chi connectivity index (χ0n) is 12.7. The Morgan fingerprint density at radius 3 is 2.76 bits per heavy atom. The van der Waals surface area contributed by atoms with E-state index in [9.17, 15) is 9.90 Å². The number of fused-ring (bicyclic) bond motifs is 1. The summed E-state index contributed by atoms with van der Waals surface area (Å²) < 4.78 is 0. The fraction of sp³-hybridized carbons (Fsp3) is 0.412. The van der Waals surface area contributed by atoms with E-state index in [0.29, 0.717) is 5.75 Å². The number of nitrogens with zero attached hydrogens (tertiary/aromatic N) is 1. The number of aliphatic carboxylic acids is 1. The smallest absolute Gasteiger partial charge is 0.0716 e. The second-order valence-corrected chi connectivity index (χ2v) is 6.35. The maximum Gasteiger partial charge on any atom is 0.0716 e. The van der Waals surface area contributed by atoms with Crippen LogP contribution in [0.15, 0.2) is 23.1 Å². The lowest BCUT2D eigenvalue weighted by atomic mass is 10.0. The van der Waals surface area contributed by atoms with Crippen LogP contribution < -0.4 is 5.11 Å². The number of carboxylic acid groups (broad SMARTS) is 1. The number of aromatic nitrogens is 1. The number of carboxylic acids is 1. The number of thioether (sulfide) groups is 1. The Hall–Kier alpha value is -1.55. The van der Waals surface area contributed by atoms with Gasteiger partial charge in [0.05, 0.1) is 5.52 Å². The summed E-state index contributed by atoms with van der Waals surface area (Å²) in [5.74, 6) is -0.461. The van der Waals surface area contributed by atoms with Gasteiger partial charge in [-0.2, -0.15) is 0 Å². The van der Waals surface area contributed by atoms with Crippen LogP contribution >= 0.6 is 11.8 Å². The van der Waals surface area contributed by atoms with Crippen LogP contribution in [0.1, 0.15) is 36.6 Å². The summed E-state index contributed by atoms with van der Waals surface area (Å²) >= 11 is 1.61. The molecule has 0 radical (unpaired) electrons. The number of aryl methyl sites for hydroxylation is 2. The van der Waals surface area contributed by atoms with Gasteiger partial charge < -0.3 is 9.90 Å². The highest BCUT2D eigenvalue weighted by Crippen LogP contribution is 2.34. The maximum atomic E-state index is 10.6. The molecular weight excluding hydrogens is 282 g/mol. The Morgan fingerprint density at radius 1 is 1.33 bits per heavy atom. The van der Waals surface area contributed by atoms with Crippen molar-refractivity contribution in [3.63, 3.8) is 0 Å². The summed E-state index contributed by atoms with van der Waals surface area (Å²) in [5, 5.41) is 11.8. The summed E-state index contributed by atoms with van der Waals surface area (Å²) in [6.07, 6.45) is 2.09. The van der Waals surface area contributed by atoms with E-state index >= 15 is 0 Å². The summed E-state index contributed by atoms with van der Waals surface area (Å²) in [4.78, 5) is 16.5. The number of benzene rings is 1. The van der Waals surface area contributed by atoms with Gasteiger partial charge in [0.25, 0.3) is 0 Å². The molecule has 0 fully saturated rings. The Balaban J connectivity index is 2.51. The first-order chi connectivity index (χ1) is 10.0. The SMILES string of the molecule is CCCc1c(C)nc2ccc(C)cc2c1SCCC(=O)[O-]. The molecule has 0 spiro atoms. The molecule has 0 bridgehead atoms. The van der Waals surface area contributed by atoms with E-state index < -0.39 is 5.97 Å². The molecule has 2 aromatic rings. The molecule has 0 N–H and O–H groups in total. The predicted octanol–water partition coefficient (Wildman–Crippen LogP) is 3.04. The number of carbonyl (C=O) groups excluding carboxylic acids is 1. The van der Waals surface area contributed by atoms with Crippen LogP contribution in [0.4, 0.5) is 0 Å². The second kappa shape index (κ2) is 6.94. The summed E-state index contributed by atoms with van der Waals surface area (Å²) in [5.41, 5.74) is 4.47. The molecular formula is C17H20NO2S-. The van der Waals surface area contributed by atoms with E-state index in [1.54, 1.807) is 11.8 Å². The Kier molecular flexibility index (Phi) is 5.23. The number of carbonyl (C=O) groups is 1. The molecule has 1 heterocycles. The summed E-state index contributed by atoms with van der Waals surface area (Å²) in [6, 6.07) is 6.24. The van der Waals surface area contributed by atoms with E-state index in [-0.39, 0.29) is 6.42 Å². The Labute approximate surface area is 129 Å². The van der Waals surface area contributed by atoms with E-state index in [4.69, 9.17) is 4.98 Å². The van der Waals surface area contributed by atoms with E-state index in [0.717, 1.165) is 29.4 Å². The van der Waals surface area contributed by atoms with Gasteiger partial charge in [-0.15, -0.1) is 11.8 Å². The van der Waals surface area contributed by atoms with Gasteiger partial charge >= 0.3 is 0 Å². The van der Waals surface area contributed by atoms with Gasteiger partial charge in [0.1, 0.15) is 0 Å². The van der Waals surface area contributed by atoms with Crippen LogP contribution in [0, 0.1) is 13.8 Å². The van der Waals surface area contributed by atoms with Crippen molar-refractivity contribution in [2.75, 3.05) is 5.75 Å². The first-order valence-corrected chi connectivity index (χ1v) is 8.24. The lowest BCUT2D eigenvalue weighted by Crippen LogP contribution is -2.22. The van der Waals surface area contributed by atoms with Crippen molar-refractivity contribution in [2.24, 2.45) is 0 Å². The average molecular weight is 302 g/mol. The van der Waals surface area contributed by atoms with Crippen molar-refractivity contribution in [3.8, 4) is 0 Å². The van der Waals surface area contributed by atoms with Gasteiger partial charge in [-0.3, -0.25) is 4.98 Å². The molecule has 3 nitrogen and oxygen atoms in total. The van der Waals surface area contributed by atoms with E-state index in [1.165, 1.54) is 16.0 Å². The molecule has 1 aromatic carbocycles. The molecule has 0 aliphatic heterocycles. The van der Waals surface area contributed by atoms with Crippen LogP contribution in [0.2, 0.25) is 0 Å². The third kappa shape index (κ3) is 3.76. The van der Waals surface area contributed by atoms with Crippen LogP contribution in [-0.2, 0) is 11.2 Å². The monoisotopic (exact) mass is 302 g/mol. The molecule has 0 saturated carbocycles. The maximum absolute atomic E-state index is 10.6. The van der Waals surface area contributed by atoms with E-state index in [2.05, 4.69) is 26.0 Å². The fourth-order valence-corrected chi connectivity index (χ4v) is 3.67. The standard InChI is InChI=1S/C17H21NO2S/c1-4-5-13-12(3)18-15-7-6-11(2)10-14(15)17(13)21-9-8-16(19)20/h6-7,10H,4-5,8-9H2,1-3H3,(H,19,20)/p-1. The molecule has 2 rings (SSSR count). The zero-order valence-corrected chi connectivity index (χ0v) is 13.5. The van der Waals surface area contributed by atoms with Gasteiger partial charge in [0, 0.05) is 27.7 Å². The van der Waals surface area contributed by atoms with Crippen molar-refractivity contribution in [2.45, 2.75) is 44.9 Å². The van der Waals surface area contributed by atoms with Crippen LogP contribution in [0.5, 0.6) is 0 Å². The highest BCUT2D eigenvalue weighted by Gasteiger charge is 2.13. The molecule has 0 aliphatic carbocycles. The van der Waals surface area contributed by atoms with Crippen molar-refractivity contribution >= 4 is 28.6 Å². The molecule has 4 heteroatoms. The average Bonchev–Trinajstić information content (AvgIpc) is 2.42. The Morgan fingerprint density at radius 2 is 2.10 bits per heavy atom. The van der Waals surface area contributed by atoms with Gasteiger partial charge in [0.15, 0.2) is 0 Å². The number of hydrogen-bond donors (Lipinski definition) is 0. The van der Waals surface area contributed by atoms with Gasteiger partial charge in [0.2, 0.25) is 0 Å². The van der Waals surface area contributed by atoms with Crippen LogP contribution in [0.25, 0.3) is 10.9 Å². The molecule has 112 valence electrons. The third-order valence-corrected chi connectivity index (χ3v) is 4.61. The molecule has 1 aromatic heterocycles. The van der Waals surface area contributed by atoms with Crippen LogP contribution in [-0.4, -0.2) is 16.7 Å². The molecule has 21 heavy (non-hydrogen) atoms. The van der Waals surface area contributed by atoms with E-state index in [1.807, 2.05) is 13.0 Å². The van der Waals surface area contributed by atoms with Gasteiger partial charge in [-0.1, -0.05) is 25.0 Å². The predicted molar refractivity (Wildman–Crippen MR) is 85.6 cm³/mol. The topological polar surface area (TPSA) is 53.0 Å². The quantitative estimate of drug-likeness (QED) is 0.770. The Bertz CT molecular complexity index is 667. The fourth-order valence-electron chi connectivity index (χ4n) is 2.45. The lowest BCUT2D eigenvalue weighted by molar-refractivity contribution is -0.305. The summed E-state index contributed by atoms with van der Waals surface area (Å²) in [6.45, 7) is 6.25. The molecule has 0 amide bonds. The molecule has 0 unspecified atom stereocenters. The minimum absolute atomic E-state index is 0.0743. The molecule has 0 saturated heterocycles. The van der Waals surface area contributed by atoms with Crippen molar-refractivity contribution in [1.29, 1.82) is 0 Å². The van der Waals surface area contributed by atoms with Gasteiger partial charge in [-0.05, 0) is 44.4 Å². The highest BCUT2D eigenvalue weighted by molar-refractivity contribution is 7.99. The minimum atomic E-state index is -0.995. The minimum Gasteiger partial charge on any atom is -0.550 e. The molecule has 0 aliphatic rings. The number of rotatable bonds is 6. The first-order valence-electron chi connectivity index (χ1n) is 7.25. The van der Waals surface area contributed by atoms with Crippen molar-refractivity contribution in [3.05, 3.63) is 35.0 Å². The third-order valence-electron chi connectivity index (χ3n) is 3.45. The zero-order chi connectivity index (χ0) is 15.4. The second-order valence-electron chi connectivity index (χ2n) is 5.25. The number of hydrogen-bond acceptors (Lipinski definition) is 4. The van der Waals surface area contributed by atoms with Crippen molar-refractivity contribution in [1.82, 2.24) is 4.98 Å². The normalized spacial score (nSPS) is 11.0. The van der Waals surface area contributed by atoms with Gasteiger partial charge in [-0.25, -0.2) is 0 Å². The highest BCUT2D eigenvalue weighted by atomic mass is 32.2. The molecule has 0 atom stereocenters. The van der Waals surface area contributed by atoms with Crippen molar-refractivity contribution < 1.29 is 9.90 Å². The first kappa shape index (κ1) is 15.8. The van der Waals surface area contributed by atoms with Crippen LogP contribution in [0.3, 0.4) is 0 Å².